The Morgan fingerprint density at radius 2 is 2.25 bits per heavy atom. The Bertz CT molecular complexity index is 713. The molecule has 24 heavy (non-hydrogen) atoms. The summed E-state index contributed by atoms with van der Waals surface area (Å²) in [7, 11) is 1.77. The van der Waals surface area contributed by atoms with Gasteiger partial charge in [0.1, 0.15) is 5.69 Å². The SMILES string of the molecule is CO[C@@H]1CCN(C(=O)c2csc(C)n2)C[C@H]1Cc1cccc(C)c1. The molecule has 0 unspecified atom stereocenters. The molecule has 5 heteroatoms. The number of nitrogens with zero attached hydrogens (tertiary/aromatic N) is 2. The Kier molecular flexibility index (Phi) is 5.31. The highest BCUT2D eigenvalue weighted by atomic mass is 32.1. The lowest BCUT2D eigenvalue weighted by atomic mass is 9.88. The van der Waals surface area contributed by atoms with Crippen molar-refractivity contribution in [3.63, 3.8) is 0 Å². The lowest BCUT2D eigenvalue weighted by Crippen LogP contribution is -2.47. The minimum absolute atomic E-state index is 0.0446. The van der Waals surface area contributed by atoms with E-state index in [0.29, 0.717) is 11.6 Å². The maximum Gasteiger partial charge on any atom is 0.273 e. The molecule has 3 rings (SSSR count). The van der Waals surface area contributed by atoms with Crippen LogP contribution in [0.4, 0.5) is 0 Å². The Morgan fingerprint density at radius 3 is 2.92 bits per heavy atom. The zero-order valence-corrected chi connectivity index (χ0v) is 15.3. The summed E-state index contributed by atoms with van der Waals surface area (Å²) < 4.78 is 5.69. The molecule has 1 saturated heterocycles. The van der Waals surface area contributed by atoms with Crippen LogP contribution >= 0.6 is 11.3 Å². The highest BCUT2D eigenvalue weighted by Gasteiger charge is 2.32. The minimum Gasteiger partial charge on any atom is -0.381 e. The van der Waals surface area contributed by atoms with Gasteiger partial charge in [0.2, 0.25) is 0 Å². The normalized spacial score (nSPS) is 21.0. The molecule has 1 fully saturated rings. The van der Waals surface area contributed by atoms with Crippen LogP contribution in [0.3, 0.4) is 0 Å². The first-order valence-corrected chi connectivity index (χ1v) is 9.24. The van der Waals surface area contributed by atoms with Gasteiger partial charge in [-0.3, -0.25) is 4.79 Å². The summed E-state index contributed by atoms with van der Waals surface area (Å²) in [6, 6.07) is 8.58. The van der Waals surface area contributed by atoms with Gasteiger partial charge in [0.15, 0.2) is 0 Å². The van der Waals surface area contributed by atoms with Crippen LogP contribution in [0.25, 0.3) is 0 Å². The van der Waals surface area contributed by atoms with Gasteiger partial charge >= 0.3 is 0 Å². The van der Waals surface area contributed by atoms with Gasteiger partial charge in [0.05, 0.1) is 11.1 Å². The number of carbonyl (C=O) groups excluding carboxylic acids is 1. The molecular formula is C19H24N2O2S. The molecular weight excluding hydrogens is 320 g/mol. The highest BCUT2D eigenvalue weighted by Crippen LogP contribution is 2.25. The molecule has 1 aliphatic rings. The van der Waals surface area contributed by atoms with Crippen LogP contribution in [0.5, 0.6) is 0 Å². The quantitative estimate of drug-likeness (QED) is 0.853. The third-order valence-corrected chi connectivity index (χ3v) is 5.45. The van der Waals surface area contributed by atoms with Crippen molar-refractivity contribution >= 4 is 17.2 Å². The van der Waals surface area contributed by atoms with E-state index in [1.54, 1.807) is 7.11 Å². The van der Waals surface area contributed by atoms with Crippen molar-refractivity contribution in [2.45, 2.75) is 32.8 Å². The molecule has 0 spiro atoms. The van der Waals surface area contributed by atoms with Crippen molar-refractivity contribution in [2.75, 3.05) is 20.2 Å². The third kappa shape index (κ3) is 3.84. The van der Waals surface area contributed by atoms with Crippen LogP contribution in [0.1, 0.15) is 33.0 Å². The van der Waals surface area contributed by atoms with Crippen LogP contribution in [-0.4, -0.2) is 42.1 Å². The number of carbonyl (C=O) groups is 1. The second-order valence-corrected chi connectivity index (χ2v) is 7.58. The average Bonchev–Trinajstić information content (AvgIpc) is 3.00. The number of piperidine rings is 1. The predicted molar refractivity (Wildman–Crippen MR) is 96.5 cm³/mol. The fraction of sp³-hybridized carbons (Fsp3) is 0.474. The maximum atomic E-state index is 12.7. The van der Waals surface area contributed by atoms with E-state index < -0.39 is 0 Å². The number of hydrogen-bond acceptors (Lipinski definition) is 4. The fourth-order valence-electron chi connectivity index (χ4n) is 3.47. The van der Waals surface area contributed by atoms with Crippen molar-refractivity contribution in [2.24, 2.45) is 5.92 Å². The predicted octanol–water partition coefficient (Wildman–Crippen LogP) is 3.48. The topological polar surface area (TPSA) is 42.4 Å². The molecule has 0 radical (unpaired) electrons. The zero-order valence-electron chi connectivity index (χ0n) is 14.5. The molecule has 2 heterocycles. The molecule has 128 valence electrons. The summed E-state index contributed by atoms with van der Waals surface area (Å²) in [5, 5.41) is 2.79. The van der Waals surface area contributed by atoms with E-state index in [9.17, 15) is 4.79 Å². The number of likely N-dealkylation sites (tertiary alicyclic amines) is 1. The van der Waals surface area contributed by atoms with E-state index in [4.69, 9.17) is 4.74 Å². The summed E-state index contributed by atoms with van der Waals surface area (Å²) >= 11 is 1.52. The summed E-state index contributed by atoms with van der Waals surface area (Å²) in [5.41, 5.74) is 3.15. The number of amides is 1. The smallest absolute Gasteiger partial charge is 0.273 e. The Labute approximate surface area is 147 Å². The van der Waals surface area contributed by atoms with E-state index in [1.165, 1.54) is 22.5 Å². The van der Waals surface area contributed by atoms with Gasteiger partial charge in [-0.15, -0.1) is 11.3 Å². The van der Waals surface area contributed by atoms with Crippen LogP contribution in [-0.2, 0) is 11.2 Å². The monoisotopic (exact) mass is 344 g/mol. The zero-order chi connectivity index (χ0) is 17.1. The molecule has 0 saturated carbocycles. The fourth-order valence-corrected chi connectivity index (χ4v) is 4.05. The Morgan fingerprint density at radius 1 is 1.42 bits per heavy atom. The largest absolute Gasteiger partial charge is 0.381 e. The molecule has 0 N–H and O–H groups in total. The summed E-state index contributed by atoms with van der Waals surface area (Å²) in [6.07, 6.45) is 2.01. The molecule has 1 amide bonds. The molecule has 0 aliphatic carbocycles. The third-order valence-electron chi connectivity index (χ3n) is 4.67. The Hall–Kier alpha value is -1.72. The van der Waals surface area contributed by atoms with Gasteiger partial charge in [0.25, 0.3) is 5.91 Å². The van der Waals surface area contributed by atoms with Crippen molar-refractivity contribution in [3.05, 3.63) is 51.5 Å². The number of ether oxygens (including phenoxy) is 1. The first-order chi connectivity index (χ1) is 11.6. The van der Waals surface area contributed by atoms with Crippen LogP contribution in [0.15, 0.2) is 29.6 Å². The number of aryl methyl sites for hydroxylation is 2. The van der Waals surface area contributed by atoms with E-state index >= 15 is 0 Å². The van der Waals surface area contributed by atoms with Crippen molar-refractivity contribution < 1.29 is 9.53 Å². The molecule has 2 atom stereocenters. The maximum absolute atomic E-state index is 12.7. The van der Waals surface area contributed by atoms with Gasteiger partial charge in [-0.25, -0.2) is 4.98 Å². The first-order valence-electron chi connectivity index (χ1n) is 8.36. The highest BCUT2D eigenvalue weighted by molar-refractivity contribution is 7.09. The van der Waals surface area contributed by atoms with Crippen LogP contribution in [0, 0.1) is 19.8 Å². The lowest BCUT2D eigenvalue weighted by molar-refractivity contribution is -0.00315. The first kappa shape index (κ1) is 17.1. The molecule has 0 bridgehead atoms. The van der Waals surface area contributed by atoms with E-state index in [1.807, 2.05) is 17.2 Å². The molecule has 1 aromatic carbocycles. The number of hydrogen-bond donors (Lipinski definition) is 0. The minimum atomic E-state index is 0.0446. The van der Waals surface area contributed by atoms with Crippen molar-refractivity contribution in [3.8, 4) is 0 Å². The second-order valence-electron chi connectivity index (χ2n) is 6.52. The standard InChI is InChI=1S/C19H24N2O2S/c1-13-5-4-6-15(9-13)10-16-11-21(8-7-18(16)23-3)19(22)17-12-24-14(2)20-17/h4-6,9,12,16,18H,7-8,10-11H2,1-3H3/t16-,18-/m1/s1. The molecule has 1 aliphatic heterocycles. The summed E-state index contributed by atoms with van der Waals surface area (Å²) in [6.45, 7) is 5.50. The van der Waals surface area contributed by atoms with E-state index in [0.717, 1.165) is 30.9 Å². The molecule has 1 aromatic heterocycles. The van der Waals surface area contributed by atoms with Crippen LogP contribution in [0.2, 0.25) is 0 Å². The summed E-state index contributed by atoms with van der Waals surface area (Å²) in [5.74, 6) is 0.359. The van der Waals surface area contributed by atoms with Gasteiger partial charge in [0, 0.05) is 31.5 Å². The van der Waals surface area contributed by atoms with Gasteiger partial charge in [-0.05, 0) is 32.3 Å². The number of methoxy groups -OCH3 is 1. The van der Waals surface area contributed by atoms with Gasteiger partial charge in [-0.2, -0.15) is 0 Å². The van der Waals surface area contributed by atoms with Crippen LogP contribution < -0.4 is 0 Å². The number of benzene rings is 1. The van der Waals surface area contributed by atoms with E-state index in [-0.39, 0.29) is 12.0 Å². The second kappa shape index (κ2) is 7.45. The average molecular weight is 344 g/mol. The van der Waals surface area contributed by atoms with Crippen molar-refractivity contribution in [1.82, 2.24) is 9.88 Å². The van der Waals surface area contributed by atoms with E-state index in [2.05, 4.69) is 36.2 Å². The summed E-state index contributed by atoms with van der Waals surface area (Å²) in [4.78, 5) is 19.0. The van der Waals surface area contributed by atoms with Gasteiger partial charge < -0.3 is 9.64 Å². The van der Waals surface area contributed by atoms with Gasteiger partial charge in [-0.1, -0.05) is 29.8 Å². The van der Waals surface area contributed by atoms with Crippen molar-refractivity contribution in [1.29, 1.82) is 0 Å². The lowest BCUT2D eigenvalue weighted by Gasteiger charge is -2.37. The molecule has 2 aromatic rings. The number of rotatable bonds is 4. The Balaban J connectivity index is 1.73. The molecule has 4 nitrogen and oxygen atoms in total. The number of aromatic nitrogens is 1. The number of thiazole rings is 1.